The summed E-state index contributed by atoms with van der Waals surface area (Å²) in [7, 11) is 0. The van der Waals surface area contributed by atoms with Crippen LogP contribution >= 0.6 is 23.1 Å². The highest BCUT2D eigenvalue weighted by atomic mass is 32.2. The summed E-state index contributed by atoms with van der Waals surface area (Å²) in [5.41, 5.74) is 2.64. The van der Waals surface area contributed by atoms with Crippen molar-refractivity contribution in [3.8, 4) is 0 Å². The van der Waals surface area contributed by atoms with E-state index in [0.29, 0.717) is 22.9 Å². The molecule has 9 heteroatoms. The monoisotopic (exact) mass is 488 g/mol. The van der Waals surface area contributed by atoms with Crippen molar-refractivity contribution in [2.24, 2.45) is 0 Å². The number of anilines is 2. The Kier molecular flexibility index (Phi) is 6.12. The second-order valence-electron chi connectivity index (χ2n) is 7.75. The molecule has 4 aromatic rings. The number of pyridine rings is 1. The lowest BCUT2D eigenvalue weighted by Crippen LogP contribution is -2.31. The zero-order valence-electron chi connectivity index (χ0n) is 18.3. The van der Waals surface area contributed by atoms with Gasteiger partial charge >= 0.3 is 0 Å². The van der Waals surface area contributed by atoms with Crippen molar-refractivity contribution in [3.63, 3.8) is 0 Å². The molecule has 1 aliphatic rings. The molecule has 3 amide bonds. The van der Waals surface area contributed by atoms with Crippen LogP contribution in [0.5, 0.6) is 0 Å². The van der Waals surface area contributed by atoms with Gasteiger partial charge in [0.05, 0.1) is 22.4 Å². The third kappa shape index (κ3) is 4.32. The number of fused-ring (bicyclic) bond motifs is 1. The van der Waals surface area contributed by atoms with Crippen LogP contribution in [0.2, 0.25) is 0 Å². The molecule has 7 nitrogen and oxygen atoms in total. The highest BCUT2D eigenvalue weighted by molar-refractivity contribution is 7.98. The van der Waals surface area contributed by atoms with Crippen molar-refractivity contribution in [2.45, 2.75) is 24.3 Å². The first kappa shape index (κ1) is 22.2. The van der Waals surface area contributed by atoms with Crippen LogP contribution in [0.25, 0.3) is 10.2 Å². The first-order chi connectivity index (χ1) is 16.5. The van der Waals surface area contributed by atoms with Crippen molar-refractivity contribution in [1.29, 1.82) is 0 Å². The number of thiazole rings is 1. The van der Waals surface area contributed by atoms with Crippen molar-refractivity contribution < 1.29 is 14.4 Å². The van der Waals surface area contributed by atoms with E-state index < -0.39 is 0 Å². The Morgan fingerprint density at radius 2 is 1.85 bits per heavy atom. The fourth-order valence-electron chi connectivity index (χ4n) is 3.81. The first-order valence-corrected chi connectivity index (χ1v) is 12.7. The van der Waals surface area contributed by atoms with Crippen LogP contribution in [0.3, 0.4) is 0 Å². The molecule has 3 heterocycles. The number of rotatable bonds is 6. The van der Waals surface area contributed by atoms with Gasteiger partial charge in [-0.3, -0.25) is 29.2 Å². The Morgan fingerprint density at radius 3 is 2.53 bits per heavy atom. The molecule has 2 aromatic heterocycles. The number of carbonyl (C=O) groups is 3. The van der Waals surface area contributed by atoms with Crippen LogP contribution in [0.4, 0.5) is 10.8 Å². The molecule has 1 fully saturated rings. The highest BCUT2D eigenvalue weighted by Gasteiger charge is 2.30. The molecule has 0 spiro atoms. The summed E-state index contributed by atoms with van der Waals surface area (Å²) in [4.78, 5) is 50.6. The van der Waals surface area contributed by atoms with E-state index in [-0.39, 0.29) is 30.6 Å². The maximum atomic E-state index is 13.6. The molecule has 1 saturated heterocycles. The number of nitrogens with zero attached hydrogens (tertiary/aromatic N) is 4. The number of benzene rings is 2. The summed E-state index contributed by atoms with van der Waals surface area (Å²) in [6.07, 6.45) is 5.88. The number of imide groups is 1. The highest BCUT2D eigenvalue weighted by Crippen LogP contribution is 2.33. The van der Waals surface area contributed by atoms with Gasteiger partial charge in [-0.25, -0.2) is 4.98 Å². The van der Waals surface area contributed by atoms with Gasteiger partial charge in [-0.1, -0.05) is 17.4 Å². The Hall–Kier alpha value is -3.56. The third-order valence-corrected chi connectivity index (χ3v) is 7.31. The van der Waals surface area contributed by atoms with Gasteiger partial charge in [0, 0.05) is 35.7 Å². The zero-order valence-corrected chi connectivity index (χ0v) is 19.9. The Balaban J connectivity index is 1.49. The van der Waals surface area contributed by atoms with Gasteiger partial charge in [-0.15, -0.1) is 11.8 Å². The fourth-order valence-corrected chi connectivity index (χ4v) is 5.33. The molecular formula is C25H20N4O3S2. The summed E-state index contributed by atoms with van der Waals surface area (Å²) < 4.78 is 1.01. The van der Waals surface area contributed by atoms with Crippen molar-refractivity contribution in [2.75, 3.05) is 16.1 Å². The average molecular weight is 489 g/mol. The van der Waals surface area contributed by atoms with Gasteiger partial charge in [0.15, 0.2) is 5.13 Å². The second kappa shape index (κ2) is 9.36. The SMILES string of the molecule is CSc1ccc2nc(N(Cc3cccnc3)C(=O)c3ccc(N4C(=O)CCC4=O)cc3)sc2c1. The minimum atomic E-state index is -0.223. The van der Waals surface area contributed by atoms with Crippen LogP contribution in [-0.4, -0.2) is 33.9 Å². The quantitative estimate of drug-likeness (QED) is 0.283. The van der Waals surface area contributed by atoms with Crippen LogP contribution in [0.1, 0.15) is 28.8 Å². The number of hydrogen-bond acceptors (Lipinski definition) is 7. The molecule has 0 aliphatic carbocycles. The van der Waals surface area contributed by atoms with Gasteiger partial charge in [0.1, 0.15) is 0 Å². The minimum Gasteiger partial charge on any atom is -0.279 e. The smallest absolute Gasteiger partial charge is 0.260 e. The number of carbonyl (C=O) groups excluding carboxylic acids is 3. The Morgan fingerprint density at radius 1 is 1.09 bits per heavy atom. The number of aromatic nitrogens is 2. The predicted octanol–water partition coefficient (Wildman–Crippen LogP) is 4.91. The molecule has 0 N–H and O–H groups in total. The molecular weight excluding hydrogens is 468 g/mol. The topological polar surface area (TPSA) is 83.5 Å². The third-order valence-electron chi connectivity index (χ3n) is 5.55. The van der Waals surface area contributed by atoms with E-state index in [2.05, 4.69) is 11.1 Å². The summed E-state index contributed by atoms with van der Waals surface area (Å²) in [6, 6.07) is 16.4. The van der Waals surface area contributed by atoms with Gasteiger partial charge < -0.3 is 0 Å². The first-order valence-electron chi connectivity index (χ1n) is 10.6. The maximum Gasteiger partial charge on any atom is 0.260 e. The molecule has 2 aromatic carbocycles. The van der Waals surface area contributed by atoms with Crippen molar-refractivity contribution in [3.05, 3.63) is 78.1 Å². The van der Waals surface area contributed by atoms with Crippen molar-refractivity contribution in [1.82, 2.24) is 9.97 Å². The Bertz CT molecular complexity index is 1370. The van der Waals surface area contributed by atoms with E-state index in [1.807, 2.05) is 30.5 Å². The molecule has 34 heavy (non-hydrogen) atoms. The number of thioether (sulfide) groups is 1. The lowest BCUT2D eigenvalue weighted by Gasteiger charge is -2.20. The summed E-state index contributed by atoms with van der Waals surface area (Å²) >= 11 is 3.12. The van der Waals surface area contributed by atoms with Crippen LogP contribution in [0, 0.1) is 0 Å². The van der Waals surface area contributed by atoms with Gasteiger partial charge in [0.25, 0.3) is 5.91 Å². The minimum absolute atomic E-state index is 0.217. The number of amides is 3. The van der Waals surface area contributed by atoms with Gasteiger partial charge in [0.2, 0.25) is 11.8 Å². The second-order valence-corrected chi connectivity index (χ2v) is 9.64. The summed E-state index contributed by atoms with van der Waals surface area (Å²) in [5, 5.41) is 0.594. The maximum absolute atomic E-state index is 13.6. The fraction of sp³-hybridized carbons (Fsp3) is 0.160. The Labute approximate surface area is 204 Å². The van der Waals surface area contributed by atoms with E-state index in [1.165, 1.54) is 16.2 Å². The normalized spacial score (nSPS) is 13.6. The van der Waals surface area contributed by atoms with Gasteiger partial charge in [-0.2, -0.15) is 0 Å². The van der Waals surface area contributed by atoms with E-state index in [1.54, 1.807) is 53.3 Å². The molecule has 0 saturated carbocycles. The molecule has 0 unspecified atom stereocenters. The molecule has 5 rings (SSSR count). The van der Waals surface area contributed by atoms with E-state index in [9.17, 15) is 14.4 Å². The predicted molar refractivity (Wildman–Crippen MR) is 134 cm³/mol. The standard InChI is InChI=1S/C25H20N4O3S2/c1-33-19-8-9-20-21(13-19)34-25(27-20)28(15-16-3-2-12-26-14-16)24(32)17-4-6-18(7-5-17)29-22(30)10-11-23(29)31/h2-9,12-14H,10-11,15H2,1H3. The van der Waals surface area contributed by atoms with E-state index >= 15 is 0 Å². The molecule has 1 aliphatic heterocycles. The summed E-state index contributed by atoms with van der Waals surface area (Å²) in [5.74, 6) is -0.665. The molecule has 0 radical (unpaired) electrons. The van der Waals surface area contributed by atoms with Crippen LogP contribution in [0.15, 0.2) is 71.9 Å². The molecule has 0 bridgehead atoms. The lowest BCUT2D eigenvalue weighted by molar-refractivity contribution is -0.121. The lowest BCUT2D eigenvalue weighted by atomic mass is 10.1. The van der Waals surface area contributed by atoms with Crippen molar-refractivity contribution >= 4 is 61.9 Å². The zero-order chi connectivity index (χ0) is 23.7. The largest absolute Gasteiger partial charge is 0.279 e. The van der Waals surface area contributed by atoms with Gasteiger partial charge in [-0.05, 0) is 60.4 Å². The van der Waals surface area contributed by atoms with E-state index in [4.69, 9.17) is 4.98 Å². The van der Waals surface area contributed by atoms with E-state index in [0.717, 1.165) is 20.7 Å². The summed E-state index contributed by atoms with van der Waals surface area (Å²) in [6.45, 7) is 0.312. The number of hydrogen-bond donors (Lipinski definition) is 0. The molecule has 170 valence electrons. The molecule has 0 atom stereocenters. The average Bonchev–Trinajstić information content (AvgIpc) is 3.44. The van der Waals surface area contributed by atoms with Crippen LogP contribution in [-0.2, 0) is 16.1 Å². The van der Waals surface area contributed by atoms with Crippen LogP contribution < -0.4 is 9.80 Å².